The monoisotopic (exact) mass is 391 g/mol. The Bertz CT molecular complexity index is 966. The summed E-state index contributed by atoms with van der Waals surface area (Å²) in [6.07, 6.45) is 0. The van der Waals surface area contributed by atoms with Gasteiger partial charge in [-0.25, -0.2) is 4.79 Å². The van der Waals surface area contributed by atoms with Crippen LogP contribution in [0, 0.1) is 0 Å². The molecule has 1 aromatic carbocycles. The highest BCUT2D eigenvalue weighted by Crippen LogP contribution is 2.32. The van der Waals surface area contributed by atoms with E-state index in [0.717, 1.165) is 46.7 Å². The van der Waals surface area contributed by atoms with Crippen molar-refractivity contribution in [3.05, 3.63) is 40.2 Å². The Morgan fingerprint density at radius 3 is 2.92 bits per heavy atom. The van der Waals surface area contributed by atoms with E-state index in [1.807, 2.05) is 12.1 Å². The number of methoxy groups -OCH3 is 1. The number of fused-ring (bicyclic) bond motifs is 1. The van der Waals surface area contributed by atoms with Crippen molar-refractivity contribution in [2.24, 2.45) is 0 Å². The van der Waals surface area contributed by atoms with Crippen LogP contribution in [0.15, 0.2) is 37.8 Å². The number of ether oxygens (including phenoxy) is 2. The number of morpholine rings is 1. The maximum Gasteiger partial charge on any atom is 0.336 e. The number of anilines is 1. The Morgan fingerprint density at radius 1 is 1.27 bits per heavy atom. The zero-order valence-corrected chi connectivity index (χ0v) is 15.8. The van der Waals surface area contributed by atoms with Crippen LogP contribution >= 0.6 is 23.1 Å². The van der Waals surface area contributed by atoms with E-state index in [-0.39, 0.29) is 5.63 Å². The summed E-state index contributed by atoms with van der Waals surface area (Å²) in [6.45, 7) is 3.12. The van der Waals surface area contributed by atoms with Crippen molar-refractivity contribution in [2.75, 3.05) is 38.3 Å². The van der Waals surface area contributed by atoms with Crippen molar-refractivity contribution in [1.29, 1.82) is 0 Å². The Balaban J connectivity index is 1.52. The Labute approximate surface area is 157 Å². The molecule has 3 heterocycles. The molecule has 9 heteroatoms. The lowest BCUT2D eigenvalue weighted by Gasteiger charge is -2.25. The van der Waals surface area contributed by atoms with E-state index < -0.39 is 0 Å². The van der Waals surface area contributed by atoms with Crippen LogP contribution in [-0.2, 0) is 10.5 Å². The van der Waals surface area contributed by atoms with Crippen LogP contribution in [0.1, 0.15) is 5.56 Å². The fourth-order valence-electron chi connectivity index (χ4n) is 2.74. The lowest BCUT2D eigenvalue weighted by atomic mass is 10.1. The second kappa shape index (κ2) is 7.65. The van der Waals surface area contributed by atoms with Crippen molar-refractivity contribution in [2.45, 2.75) is 10.1 Å². The van der Waals surface area contributed by atoms with Gasteiger partial charge in [0.2, 0.25) is 5.13 Å². The standard InChI is InChI=1S/C17H17N3O4S2/c1-22-12-2-3-13-11(8-15(21)24-14(13)9-12)10-25-17-19-18-16(26-17)20-4-6-23-7-5-20/h2-3,8-9H,4-7,10H2,1H3. The molecule has 1 aliphatic rings. The molecule has 0 spiro atoms. The molecule has 7 nitrogen and oxygen atoms in total. The van der Waals surface area contributed by atoms with Gasteiger partial charge in [0.1, 0.15) is 11.3 Å². The van der Waals surface area contributed by atoms with Crippen LogP contribution in [0.3, 0.4) is 0 Å². The van der Waals surface area contributed by atoms with E-state index in [2.05, 4.69) is 15.1 Å². The predicted molar refractivity (Wildman–Crippen MR) is 102 cm³/mol. The number of benzene rings is 1. The third kappa shape index (κ3) is 3.69. The first kappa shape index (κ1) is 17.3. The molecule has 2 aromatic heterocycles. The summed E-state index contributed by atoms with van der Waals surface area (Å²) in [7, 11) is 1.58. The van der Waals surface area contributed by atoms with E-state index in [4.69, 9.17) is 13.9 Å². The first-order valence-electron chi connectivity index (χ1n) is 8.13. The normalized spacial score (nSPS) is 14.7. The SMILES string of the molecule is COc1ccc2c(CSc3nnc(N4CCOCC4)s3)cc(=O)oc2c1. The second-order valence-electron chi connectivity index (χ2n) is 5.69. The van der Waals surface area contributed by atoms with Crippen LogP contribution in [0.2, 0.25) is 0 Å². The maximum absolute atomic E-state index is 11.9. The molecule has 0 saturated carbocycles. The summed E-state index contributed by atoms with van der Waals surface area (Å²) < 4.78 is 16.7. The van der Waals surface area contributed by atoms with Crippen molar-refractivity contribution >= 4 is 39.2 Å². The quantitative estimate of drug-likeness (QED) is 0.485. The Kier molecular flexibility index (Phi) is 5.09. The average molecular weight is 391 g/mol. The first-order valence-corrected chi connectivity index (χ1v) is 9.93. The second-order valence-corrected chi connectivity index (χ2v) is 7.87. The number of hydrogen-bond donors (Lipinski definition) is 0. The smallest absolute Gasteiger partial charge is 0.336 e. The number of nitrogens with zero attached hydrogens (tertiary/aromatic N) is 3. The molecule has 0 aliphatic carbocycles. The lowest BCUT2D eigenvalue weighted by Crippen LogP contribution is -2.36. The van der Waals surface area contributed by atoms with Gasteiger partial charge in [-0.1, -0.05) is 23.1 Å². The molecule has 26 heavy (non-hydrogen) atoms. The summed E-state index contributed by atoms with van der Waals surface area (Å²) in [5, 5.41) is 10.4. The van der Waals surface area contributed by atoms with Crippen molar-refractivity contribution < 1.29 is 13.9 Å². The van der Waals surface area contributed by atoms with Crippen LogP contribution in [0.4, 0.5) is 5.13 Å². The lowest BCUT2D eigenvalue weighted by molar-refractivity contribution is 0.122. The number of rotatable bonds is 5. The number of hydrogen-bond acceptors (Lipinski definition) is 9. The third-order valence-corrected chi connectivity index (χ3v) is 6.23. The molecule has 0 N–H and O–H groups in total. The van der Waals surface area contributed by atoms with Crippen molar-refractivity contribution in [3.8, 4) is 5.75 Å². The van der Waals surface area contributed by atoms with Crippen LogP contribution in [0.5, 0.6) is 5.75 Å². The molecule has 136 valence electrons. The van der Waals surface area contributed by atoms with Gasteiger partial charge in [-0.2, -0.15) is 0 Å². The fraction of sp³-hybridized carbons (Fsp3) is 0.353. The largest absolute Gasteiger partial charge is 0.497 e. The highest BCUT2D eigenvalue weighted by molar-refractivity contribution is 8.00. The van der Waals surface area contributed by atoms with Crippen molar-refractivity contribution in [3.63, 3.8) is 0 Å². The Morgan fingerprint density at radius 2 is 2.12 bits per heavy atom. The molecule has 1 aliphatic heterocycles. The summed E-state index contributed by atoms with van der Waals surface area (Å²) in [5.41, 5.74) is 1.07. The maximum atomic E-state index is 11.9. The minimum absolute atomic E-state index is 0.368. The molecule has 0 bridgehead atoms. The number of thioether (sulfide) groups is 1. The topological polar surface area (TPSA) is 77.7 Å². The van der Waals surface area contributed by atoms with Gasteiger partial charge in [0.05, 0.1) is 20.3 Å². The van der Waals surface area contributed by atoms with Gasteiger partial charge in [-0.15, -0.1) is 10.2 Å². The molecule has 0 unspecified atom stereocenters. The van der Waals surface area contributed by atoms with Crippen LogP contribution in [0.25, 0.3) is 11.0 Å². The molecule has 4 rings (SSSR count). The van der Waals surface area contributed by atoms with E-state index in [1.54, 1.807) is 36.3 Å². The van der Waals surface area contributed by atoms with Crippen molar-refractivity contribution in [1.82, 2.24) is 10.2 Å². The third-order valence-electron chi connectivity index (χ3n) is 4.07. The van der Waals surface area contributed by atoms with Crippen LogP contribution < -0.4 is 15.3 Å². The molecule has 1 fully saturated rings. The summed E-state index contributed by atoms with van der Waals surface area (Å²) >= 11 is 3.13. The molecule has 0 atom stereocenters. The number of aromatic nitrogens is 2. The van der Waals surface area contributed by atoms with E-state index in [9.17, 15) is 4.79 Å². The average Bonchev–Trinajstić information content (AvgIpc) is 3.15. The van der Waals surface area contributed by atoms with Gasteiger partial charge < -0.3 is 18.8 Å². The molecular weight excluding hydrogens is 374 g/mol. The molecular formula is C17H17N3O4S2. The predicted octanol–water partition coefficient (Wildman–Crippen LogP) is 2.78. The molecule has 1 saturated heterocycles. The van der Waals surface area contributed by atoms with Gasteiger partial charge >= 0.3 is 5.63 Å². The van der Waals surface area contributed by atoms with Gasteiger partial charge in [0.25, 0.3) is 0 Å². The van der Waals surface area contributed by atoms with Crippen LogP contribution in [-0.4, -0.2) is 43.6 Å². The van der Waals surface area contributed by atoms with E-state index in [0.29, 0.717) is 17.1 Å². The Hall–Kier alpha value is -2.10. The van der Waals surface area contributed by atoms with Gasteiger partial charge in [-0.3, -0.25) is 0 Å². The van der Waals surface area contributed by atoms with E-state index in [1.165, 1.54) is 6.07 Å². The summed E-state index contributed by atoms with van der Waals surface area (Å²) in [6, 6.07) is 7.03. The molecule has 0 radical (unpaired) electrons. The van der Waals surface area contributed by atoms with Gasteiger partial charge in [-0.05, 0) is 17.7 Å². The first-order chi connectivity index (χ1) is 12.7. The molecule has 0 amide bonds. The fourth-order valence-corrected chi connectivity index (χ4v) is 4.62. The summed E-state index contributed by atoms with van der Waals surface area (Å²) in [5.74, 6) is 1.27. The van der Waals surface area contributed by atoms with Gasteiger partial charge in [0.15, 0.2) is 4.34 Å². The highest BCUT2D eigenvalue weighted by Gasteiger charge is 2.16. The highest BCUT2D eigenvalue weighted by atomic mass is 32.2. The van der Waals surface area contributed by atoms with Gasteiger partial charge in [0, 0.05) is 36.4 Å². The zero-order valence-electron chi connectivity index (χ0n) is 14.1. The van der Waals surface area contributed by atoms with E-state index >= 15 is 0 Å². The minimum atomic E-state index is -0.368. The molecule has 3 aromatic rings. The zero-order chi connectivity index (χ0) is 17.9. The summed E-state index contributed by atoms with van der Waals surface area (Å²) in [4.78, 5) is 14.0. The minimum Gasteiger partial charge on any atom is -0.497 e.